The summed E-state index contributed by atoms with van der Waals surface area (Å²) in [7, 11) is 1.79. The topological polar surface area (TPSA) is 92.5 Å². The summed E-state index contributed by atoms with van der Waals surface area (Å²) in [4.78, 5) is 37.9. The van der Waals surface area contributed by atoms with Gasteiger partial charge in [0.15, 0.2) is 0 Å². The molecular weight excluding hydrogens is 405 g/mol. The number of thioether (sulfide) groups is 1. The van der Waals surface area contributed by atoms with Gasteiger partial charge in [-0.1, -0.05) is 24.3 Å². The lowest BCUT2D eigenvalue weighted by Gasteiger charge is -2.30. The lowest BCUT2D eigenvalue weighted by atomic mass is 10.0. The number of hydrogen-bond donors (Lipinski definition) is 2. The van der Waals surface area contributed by atoms with E-state index in [1.54, 1.807) is 31.3 Å². The largest absolute Gasteiger partial charge is 0.326 e. The van der Waals surface area contributed by atoms with Crippen molar-refractivity contribution >= 4 is 29.9 Å². The summed E-state index contributed by atoms with van der Waals surface area (Å²) in [6.45, 7) is 0.640. The Labute approximate surface area is 179 Å². The van der Waals surface area contributed by atoms with Crippen molar-refractivity contribution < 1.29 is 18.8 Å². The molecule has 6 nitrogen and oxygen atoms in total. The number of carbonyl (C=O) groups is 3. The molecule has 0 aromatic heterocycles. The maximum atomic E-state index is 14.3. The van der Waals surface area contributed by atoms with Crippen molar-refractivity contribution in [1.29, 1.82) is 0 Å². The molecule has 1 aliphatic rings. The Morgan fingerprint density at radius 3 is 2.77 bits per heavy atom. The van der Waals surface area contributed by atoms with Crippen LogP contribution >= 0.6 is 11.8 Å². The highest BCUT2D eigenvalue weighted by molar-refractivity contribution is 7.98. The van der Waals surface area contributed by atoms with Crippen LogP contribution in [0.2, 0.25) is 0 Å². The molecule has 1 atom stereocenters. The van der Waals surface area contributed by atoms with E-state index in [2.05, 4.69) is 5.32 Å². The molecule has 0 spiro atoms. The minimum atomic E-state index is -0.443. The molecule has 1 aliphatic heterocycles. The van der Waals surface area contributed by atoms with Crippen LogP contribution in [0.3, 0.4) is 0 Å². The number of piperidine rings is 1. The predicted octanol–water partition coefficient (Wildman–Crippen LogP) is 2.63. The second-order valence-electron chi connectivity index (χ2n) is 7.24. The van der Waals surface area contributed by atoms with Crippen LogP contribution in [0.4, 0.5) is 4.39 Å². The van der Waals surface area contributed by atoms with E-state index >= 15 is 0 Å². The molecule has 0 bridgehead atoms. The molecular formula is C22H24FN3O3S. The van der Waals surface area contributed by atoms with Crippen LogP contribution < -0.4 is 11.1 Å². The fourth-order valence-electron chi connectivity index (χ4n) is 3.45. The van der Waals surface area contributed by atoms with Gasteiger partial charge in [0.25, 0.3) is 0 Å². The van der Waals surface area contributed by atoms with Gasteiger partial charge in [0.1, 0.15) is 12.1 Å². The van der Waals surface area contributed by atoms with Crippen LogP contribution in [0.25, 0.3) is 0 Å². The van der Waals surface area contributed by atoms with Gasteiger partial charge < -0.3 is 5.73 Å². The first-order valence-corrected chi connectivity index (χ1v) is 10.6. The van der Waals surface area contributed by atoms with Gasteiger partial charge in [0.05, 0.1) is 6.04 Å². The van der Waals surface area contributed by atoms with Crippen LogP contribution in [0.5, 0.6) is 0 Å². The Morgan fingerprint density at radius 2 is 2.10 bits per heavy atom. The quantitative estimate of drug-likeness (QED) is 0.381. The maximum Gasteiger partial charge on any atom is 0.243 e. The number of nitrogens with two attached hydrogens (primary N) is 1. The van der Waals surface area contributed by atoms with Crippen LogP contribution in [-0.4, -0.2) is 36.1 Å². The van der Waals surface area contributed by atoms with E-state index in [0.29, 0.717) is 29.8 Å². The molecule has 30 heavy (non-hydrogen) atoms. The standard InChI is InChI=1S/C22H24FN3O3S/c1-26(19-7-8-21(28)25-22(19)29)11-17-15(12-27)3-2-4-20(17)30-13-16-6-5-14(10-24)9-18(16)23/h2-6,9,12,19H,7-8,10-11,13,24H2,1H3,(H,25,28,29). The lowest BCUT2D eigenvalue weighted by molar-refractivity contribution is -0.137. The molecule has 2 aromatic rings. The van der Waals surface area contributed by atoms with E-state index < -0.39 is 6.04 Å². The molecule has 158 valence electrons. The minimum Gasteiger partial charge on any atom is -0.326 e. The molecule has 1 unspecified atom stereocenters. The van der Waals surface area contributed by atoms with E-state index in [1.807, 2.05) is 11.0 Å². The van der Waals surface area contributed by atoms with Crippen LogP contribution in [0, 0.1) is 5.82 Å². The van der Waals surface area contributed by atoms with Crippen molar-refractivity contribution in [1.82, 2.24) is 10.2 Å². The van der Waals surface area contributed by atoms with Crippen molar-refractivity contribution in [2.45, 2.75) is 42.6 Å². The van der Waals surface area contributed by atoms with Crippen molar-refractivity contribution in [2.75, 3.05) is 7.05 Å². The fraction of sp³-hybridized carbons (Fsp3) is 0.318. The molecule has 0 saturated carbocycles. The highest BCUT2D eigenvalue weighted by atomic mass is 32.2. The zero-order valence-corrected chi connectivity index (χ0v) is 17.5. The van der Waals surface area contributed by atoms with Crippen LogP contribution in [-0.2, 0) is 28.4 Å². The number of likely N-dealkylation sites (N-methyl/N-ethyl adjacent to an activating group) is 1. The summed E-state index contributed by atoms with van der Waals surface area (Å²) in [6.07, 6.45) is 1.51. The number of aldehydes is 1. The molecule has 3 N–H and O–H groups in total. The molecule has 3 rings (SSSR count). The van der Waals surface area contributed by atoms with Gasteiger partial charge in [0, 0.05) is 35.7 Å². The normalized spacial score (nSPS) is 16.6. The first kappa shape index (κ1) is 22.1. The Morgan fingerprint density at radius 1 is 1.30 bits per heavy atom. The molecule has 8 heteroatoms. The Kier molecular flexibility index (Phi) is 7.36. The van der Waals surface area contributed by atoms with Gasteiger partial charge in [-0.2, -0.15) is 0 Å². The number of rotatable bonds is 8. The number of nitrogens with one attached hydrogen (secondary N) is 1. The molecule has 0 radical (unpaired) electrons. The van der Waals surface area contributed by atoms with E-state index in [1.165, 1.54) is 17.8 Å². The van der Waals surface area contributed by atoms with Crippen molar-refractivity contribution in [3.8, 4) is 0 Å². The highest BCUT2D eigenvalue weighted by Crippen LogP contribution is 2.30. The summed E-state index contributed by atoms with van der Waals surface area (Å²) in [5.74, 6) is -0.502. The molecule has 1 fully saturated rings. The monoisotopic (exact) mass is 429 g/mol. The lowest BCUT2D eigenvalue weighted by Crippen LogP contribution is -2.51. The number of nitrogens with zero attached hydrogens (tertiary/aromatic N) is 1. The average molecular weight is 430 g/mol. The van der Waals surface area contributed by atoms with Gasteiger partial charge in [-0.3, -0.25) is 24.6 Å². The van der Waals surface area contributed by atoms with Gasteiger partial charge in [0.2, 0.25) is 11.8 Å². The number of hydrogen-bond acceptors (Lipinski definition) is 6. The second kappa shape index (κ2) is 9.97. The third-order valence-corrected chi connectivity index (χ3v) is 6.33. The zero-order valence-electron chi connectivity index (χ0n) is 16.7. The molecule has 2 amide bonds. The Bertz CT molecular complexity index is 967. The summed E-state index contributed by atoms with van der Waals surface area (Å²) < 4.78 is 14.3. The summed E-state index contributed by atoms with van der Waals surface area (Å²) >= 11 is 1.44. The van der Waals surface area contributed by atoms with Crippen molar-refractivity contribution in [3.63, 3.8) is 0 Å². The van der Waals surface area contributed by atoms with Gasteiger partial charge in [-0.15, -0.1) is 11.8 Å². The number of amides is 2. The molecule has 0 aliphatic carbocycles. The van der Waals surface area contributed by atoms with Gasteiger partial charge in [-0.05, 0) is 42.3 Å². The van der Waals surface area contributed by atoms with E-state index in [4.69, 9.17) is 5.73 Å². The van der Waals surface area contributed by atoms with E-state index in [-0.39, 0.29) is 30.6 Å². The molecule has 2 aromatic carbocycles. The van der Waals surface area contributed by atoms with Crippen LogP contribution in [0.1, 0.15) is 39.9 Å². The van der Waals surface area contributed by atoms with Crippen molar-refractivity contribution in [3.05, 3.63) is 64.5 Å². The Hall–Kier alpha value is -2.55. The molecule has 1 saturated heterocycles. The van der Waals surface area contributed by atoms with Gasteiger partial charge >= 0.3 is 0 Å². The first-order chi connectivity index (χ1) is 14.4. The second-order valence-corrected chi connectivity index (χ2v) is 8.26. The van der Waals surface area contributed by atoms with Gasteiger partial charge in [-0.25, -0.2) is 4.39 Å². The minimum absolute atomic E-state index is 0.267. The first-order valence-electron chi connectivity index (χ1n) is 9.64. The SMILES string of the molecule is CN(Cc1c(C=O)cccc1SCc1ccc(CN)cc1F)C1CCC(=O)NC1=O. The molecule has 1 heterocycles. The number of carbonyl (C=O) groups excluding carboxylic acids is 3. The number of benzene rings is 2. The smallest absolute Gasteiger partial charge is 0.243 e. The van der Waals surface area contributed by atoms with Crippen LogP contribution in [0.15, 0.2) is 41.3 Å². The Balaban J connectivity index is 1.78. The third-order valence-electron chi connectivity index (χ3n) is 5.18. The summed E-state index contributed by atoms with van der Waals surface area (Å²) in [6, 6.07) is 9.92. The van der Waals surface area contributed by atoms with E-state index in [0.717, 1.165) is 22.3 Å². The number of halogens is 1. The summed E-state index contributed by atoms with van der Waals surface area (Å²) in [5, 5.41) is 2.36. The average Bonchev–Trinajstić information content (AvgIpc) is 2.73. The summed E-state index contributed by atoms with van der Waals surface area (Å²) in [5.41, 5.74) is 8.15. The predicted molar refractivity (Wildman–Crippen MR) is 113 cm³/mol. The fourth-order valence-corrected chi connectivity index (χ4v) is 4.53. The zero-order chi connectivity index (χ0) is 21.7. The highest BCUT2D eigenvalue weighted by Gasteiger charge is 2.30. The maximum absolute atomic E-state index is 14.3. The third kappa shape index (κ3) is 5.13. The number of imide groups is 1. The van der Waals surface area contributed by atoms with Crippen molar-refractivity contribution in [2.24, 2.45) is 5.73 Å². The van der Waals surface area contributed by atoms with E-state index in [9.17, 15) is 18.8 Å².